The van der Waals surface area contributed by atoms with E-state index in [2.05, 4.69) is 16.9 Å². The average molecular weight is 390 g/mol. The molecule has 0 unspecified atom stereocenters. The van der Waals surface area contributed by atoms with Crippen molar-refractivity contribution in [1.29, 1.82) is 0 Å². The van der Waals surface area contributed by atoms with E-state index >= 15 is 0 Å². The number of hydrogen-bond acceptors (Lipinski definition) is 5. The summed E-state index contributed by atoms with van der Waals surface area (Å²) in [5, 5.41) is 19.1. The number of aromatic nitrogens is 3. The summed E-state index contributed by atoms with van der Waals surface area (Å²) in [7, 11) is 0. The number of aliphatic hydroxyl groups is 1. The number of nitrogens with zero attached hydrogens (tertiary/aromatic N) is 3. The Balaban J connectivity index is 1.87. The van der Waals surface area contributed by atoms with Gasteiger partial charge in [0, 0.05) is 18.5 Å². The molecule has 142 valence electrons. The number of carboxylic acids is 1. The molecule has 2 heterocycles. The van der Waals surface area contributed by atoms with Crippen molar-refractivity contribution in [1.82, 2.24) is 14.5 Å². The maximum atomic E-state index is 11.2. The van der Waals surface area contributed by atoms with Crippen molar-refractivity contribution in [3.05, 3.63) is 58.6 Å². The molecule has 0 fully saturated rings. The van der Waals surface area contributed by atoms with Crippen LogP contribution in [0.25, 0.3) is 11.3 Å². The highest BCUT2D eigenvalue weighted by atomic mass is 35.5. The molecule has 0 aliphatic rings. The van der Waals surface area contributed by atoms with Gasteiger partial charge in [0.15, 0.2) is 23.0 Å². The smallest absolute Gasteiger partial charge is 0.358 e. The van der Waals surface area contributed by atoms with Crippen LogP contribution in [-0.2, 0) is 19.6 Å². The van der Waals surface area contributed by atoms with Gasteiger partial charge in [0.2, 0.25) is 0 Å². The molecule has 7 nitrogen and oxygen atoms in total. The fraction of sp³-hybridized carbons (Fsp3) is 0.316. The highest BCUT2D eigenvalue weighted by Gasteiger charge is 2.18. The third-order valence-corrected chi connectivity index (χ3v) is 4.64. The van der Waals surface area contributed by atoms with Crippen molar-refractivity contribution < 1.29 is 19.4 Å². The second-order valence-electron chi connectivity index (χ2n) is 6.15. The minimum atomic E-state index is -1.14. The third-order valence-electron chi connectivity index (χ3n) is 4.33. The molecule has 0 amide bonds. The monoisotopic (exact) mass is 389 g/mol. The SMILES string of the molecule is CCCCc1nc(Cl)c(CO)n1Cc1ccc(-c2ocnc2C(=O)O)cc1. The van der Waals surface area contributed by atoms with Gasteiger partial charge in [0.1, 0.15) is 5.82 Å². The van der Waals surface area contributed by atoms with E-state index in [0.717, 1.165) is 37.0 Å². The van der Waals surface area contributed by atoms with Crippen molar-refractivity contribution >= 4 is 17.6 Å². The molecule has 2 aromatic heterocycles. The van der Waals surface area contributed by atoms with Gasteiger partial charge in [0.25, 0.3) is 0 Å². The van der Waals surface area contributed by atoms with Crippen molar-refractivity contribution in [2.45, 2.75) is 39.3 Å². The Morgan fingerprint density at radius 3 is 2.67 bits per heavy atom. The Kier molecular flexibility index (Phi) is 5.93. The molecule has 27 heavy (non-hydrogen) atoms. The normalized spacial score (nSPS) is 11.1. The number of carboxylic acid groups (broad SMARTS) is 1. The summed E-state index contributed by atoms with van der Waals surface area (Å²) in [4.78, 5) is 19.3. The van der Waals surface area contributed by atoms with E-state index in [4.69, 9.17) is 21.1 Å². The molecule has 1 aromatic carbocycles. The minimum Gasteiger partial charge on any atom is -0.476 e. The van der Waals surface area contributed by atoms with Crippen molar-refractivity contribution in [3.8, 4) is 11.3 Å². The maximum Gasteiger partial charge on any atom is 0.358 e. The molecule has 0 saturated heterocycles. The van der Waals surface area contributed by atoms with E-state index in [1.807, 2.05) is 16.7 Å². The number of imidazole rings is 1. The number of unbranched alkanes of at least 4 members (excludes halogenated alkanes) is 1. The molecule has 0 aliphatic heterocycles. The van der Waals surface area contributed by atoms with Crippen LogP contribution >= 0.6 is 11.6 Å². The minimum absolute atomic E-state index is 0.117. The molecular weight excluding hydrogens is 370 g/mol. The van der Waals surface area contributed by atoms with E-state index in [-0.39, 0.29) is 18.1 Å². The Bertz CT molecular complexity index is 931. The van der Waals surface area contributed by atoms with Gasteiger partial charge >= 0.3 is 5.97 Å². The molecule has 3 rings (SSSR count). The lowest BCUT2D eigenvalue weighted by Gasteiger charge is -2.11. The average Bonchev–Trinajstić information content (AvgIpc) is 3.25. The van der Waals surface area contributed by atoms with Crippen LogP contribution in [-0.4, -0.2) is 30.7 Å². The van der Waals surface area contributed by atoms with E-state index in [1.54, 1.807) is 12.1 Å². The van der Waals surface area contributed by atoms with Crippen LogP contribution in [0.1, 0.15) is 47.3 Å². The lowest BCUT2D eigenvalue weighted by Crippen LogP contribution is -2.09. The van der Waals surface area contributed by atoms with Gasteiger partial charge in [-0.15, -0.1) is 0 Å². The van der Waals surface area contributed by atoms with Gasteiger partial charge in [-0.1, -0.05) is 49.2 Å². The molecule has 0 spiro atoms. The van der Waals surface area contributed by atoms with Crippen molar-refractivity contribution in [2.24, 2.45) is 0 Å². The van der Waals surface area contributed by atoms with Crippen molar-refractivity contribution in [2.75, 3.05) is 0 Å². The number of hydrogen-bond donors (Lipinski definition) is 2. The maximum absolute atomic E-state index is 11.2. The highest BCUT2D eigenvalue weighted by molar-refractivity contribution is 6.30. The van der Waals surface area contributed by atoms with E-state index in [0.29, 0.717) is 23.0 Å². The summed E-state index contributed by atoms with van der Waals surface area (Å²) in [6.07, 6.45) is 3.93. The zero-order valence-electron chi connectivity index (χ0n) is 14.9. The quantitative estimate of drug-likeness (QED) is 0.608. The zero-order valence-corrected chi connectivity index (χ0v) is 15.6. The predicted molar refractivity (Wildman–Crippen MR) is 99.8 cm³/mol. The number of aliphatic hydroxyl groups excluding tert-OH is 1. The molecule has 0 radical (unpaired) electrons. The summed E-state index contributed by atoms with van der Waals surface area (Å²) in [5.74, 6) is -0.0678. The van der Waals surface area contributed by atoms with E-state index < -0.39 is 5.97 Å². The summed E-state index contributed by atoms with van der Waals surface area (Å²) in [5.41, 5.74) is 2.08. The number of aryl methyl sites for hydroxylation is 1. The second kappa shape index (κ2) is 8.37. The third kappa shape index (κ3) is 4.04. The first-order chi connectivity index (χ1) is 13.0. The first-order valence-electron chi connectivity index (χ1n) is 8.65. The molecule has 0 atom stereocenters. The first-order valence-corrected chi connectivity index (χ1v) is 9.03. The lowest BCUT2D eigenvalue weighted by molar-refractivity contribution is 0.0691. The summed E-state index contributed by atoms with van der Waals surface area (Å²) in [6.45, 7) is 2.43. The lowest BCUT2D eigenvalue weighted by atomic mass is 10.1. The van der Waals surface area contributed by atoms with Crippen LogP contribution < -0.4 is 0 Å². The Labute approximate surface area is 161 Å². The van der Waals surface area contributed by atoms with Crippen LogP contribution in [0, 0.1) is 0 Å². The molecular formula is C19H20ClN3O4. The molecule has 0 saturated carbocycles. The summed E-state index contributed by atoms with van der Waals surface area (Å²) < 4.78 is 7.15. The summed E-state index contributed by atoms with van der Waals surface area (Å²) >= 11 is 6.17. The van der Waals surface area contributed by atoms with Crippen LogP contribution in [0.5, 0.6) is 0 Å². The Hall–Kier alpha value is -2.64. The largest absolute Gasteiger partial charge is 0.476 e. The molecule has 8 heteroatoms. The molecule has 0 bridgehead atoms. The van der Waals surface area contributed by atoms with E-state index in [1.165, 1.54) is 0 Å². The number of aromatic carboxylic acids is 1. The van der Waals surface area contributed by atoms with Crippen LogP contribution in [0.3, 0.4) is 0 Å². The van der Waals surface area contributed by atoms with Gasteiger partial charge in [-0.05, 0) is 12.0 Å². The van der Waals surface area contributed by atoms with Crippen LogP contribution in [0.15, 0.2) is 35.1 Å². The molecule has 0 aliphatic carbocycles. The first kappa shape index (κ1) is 19.1. The number of carbonyl (C=O) groups is 1. The molecule has 3 aromatic rings. The standard InChI is InChI=1S/C19H20ClN3O4/c1-2-3-4-15-22-18(20)14(10-24)23(15)9-12-5-7-13(8-6-12)17-16(19(25)26)21-11-27-17/h5-8,11,24H,2-4,9-10H2,1H3,(H,25,26). The zero-order chi connectivity index (χ0) is 19.4. The van der Waals surface area contributed by atoms with Gasteiger partial charge in [-0.2, -0.15) is 0 Å². The Morgan fingerprint density at radius 1 is 1.30 bits per heavy atom. The number of rotatable bonds is 8. The van der Waals surface area contributed by atoms with Gasteiger partial charge in [0.05, 0.1) is 12.3 Å². The summed E-state index contributed by atoms with van der Waals surface area (Å²) in [6, 6.07) is 7.32. The number of halogens is 1. The fourth-order valence-electron chi connectivity index (χ4n) is 2.92. The van der Waals surface area contributed by atoms with Gasteiger partial charge in [-0.25, -0.2) is 14.8 Å². The predicted octanol–water partition coefficient (Wildman–Crippen LogP) is 3.77. The number of benzene rings is 1. The second-order valence-corrected chi connectivity index (χ2v) is 6.50. The van der Waals surface area contributed by atoms with Crippen LogP contribution in [0.4, 0.5) is 0 Å². The highest BCUT2D eigenvalue weighted by Crippen LogP contribution is 2.25. The van der Waals surface area contributed by atoms with E-state index in [9.17, 15) is 9.90 Å². The molecule has 2 N–H and O–H groups in total. The van der Waals surface area contributed by atoms with Crippen molar-refractivity contribution in [3.63, 3.8) is 0 Å². The fourth-order valence-corrected chi connectivity index (χ4v) is 3.18. The van der Waals surface area contributed by atoms with Gasteiger partial charge in [-0.3, -0.25) is 0 Å². The van der Waals surface area contributed by atoms with Crippen LogP contribution in [0.2, 0.25) is 5.15 Å². The van der Waals surface area contributed by atoms with Gasteiger partial charge < -0.3 is 19.2 Å². The topological polar surface area (TPSA) is 101 Å². The number of oxazole rings is 1. The Morgan fingerprint density at radius 2 is 2.04 bits per heavy atom.